The molecule has 0 spiro atoms. The van der Waals surface area contributed by atoms with E-state index in [1.165, 1.54) is 0 Å². The minimum atomic E-state index is 0.140. The summed E-state index contributed by atoms with van der Waals surface area (Å²) >= 11 is 0. The first-order valence-electron chi connectivity index (χ1n) is 7.17. The molecule has 0 atom stereocenters. The molecular formula is C21H14O. The van der Waals surface area contributed by atoms with Gasteiger partial charge < -0.3 is 0 Å². The Morgan fingerprint density at radius 3 is 1.86 bits per heavy atom. The summed E-state index contributed by atoms with van der Waals surface area (Å²) in [5.74, 6) is 13.0. The molecule has 104 valence electrons. The van der Waals surface area contributed by atoms with Crippen molar-refractivity contribution in [3.63, 3.8) is 0 Å². The van der Waals surface area contributed by atoms with Crippen molar-refractivity contribution in [3.05, 3.63) is 83.5 Å². The summed E-state index contributed by atoms with van der Waals surface area (Å²) in [7, 11) is 0. The predicted octanol–water partition coefficient (Wildman–Crippen LogP) is 3.69. The molecule has 0 heterocycles. The Labute approximate surface area is 130 Å². The Balaban J connectivity index is 1.92. The molecule has 2 aliphatic carbocycles. The highest BCUT2D eigenvalue weighted by Crippen LogP contribution is 2.13. The molecule has 0 unspecified atom stereocenters. The van der Waals surface area contributed by atoms with Gasteiger partial charge in [-0.1, -0.05) is 78.4 Å². The summed E-state index contributed by atoms with van der Waals surface area (Å²) in [5, 5.41) is 0. The average Bonchev–Trinajstić information content (AvgIpc) is 3.24. The van der Waals surface area contributed by atoms with Crippen LogP contribution in [0.5, 0.6) is 0 Å². The van der Waals surface area contributed by atoms with Crippen LogP contribution >= 0.6 is 0 Å². The molecule has 1 aromatic rings. The molecule has 22 heavy (non-hydrogen) atoms. The lowest BCUT2D eigenvalue weighted by atomic mass is 10.0. The number of aldehydes is 1. The van der Waals surface area contributed by atoms with Crippen LogP contribution < -0.4 is 0 Å². The van der Waals surface area contributed by atoms with Crippen molar-refractivity contribution < 1.29 is 4.79 Å². The third kappa shape index (κ3) is 3.35. The Kier molecular flexibility index (Phi) is 4.19. The summed E-state index contributed by atoms with van der Waals surface area (Å²) in [6.45, 7) is 0. The summed E-state index contributed by atoms with van der Waals surface area (Å²) in [6, 6.07) is 5.44. The molecule has 0 fully saturated rings. The van der Waals surface area contributed by atoms with Crippen LogP contribution in [0.2, 0.25) is 0 Å². The zero-order chi connectivity index (χ0) is 15.2. The van der Waals surface area contributed by atoms with Crippen LogP contribution in [-0.4, -0.2) is 6.29 Å². The van der Waals surface area contributed by atoms with Crippen molar-refractivity contribution in [1.29, 1.82) is 0 Å². The first-order chi connectivity index (χ1) is 10.8. The molecule has 2 aliphatic rings. The maximum absolute atomic E-state index is 11.0. The monoisotopic (exact) mass is 282 g/mol. The van der Waals surface area contributed by atoms with Crippen LogP contribution in [-0.2, 0) is 0 Å². The third-order valence-electron chi connectivity index (χ3n) is 3.42. The lowest BCUT2D eigenvalue weighted by molar-refractivity contribution is 0.112. The smallest absolute Gasteiger partial charge is 0.150 e. The van der Waals surface area contributed by atoms with Gasteiger partial charge in [0.2, 0.25) is 0 Å². The van der Waals surface area contributed by atoms with E-state index >= 15 is 0 Å². The summed E-state index contributed by atoms with van der Waals surface area (Å²) < 4.78 is 0. The molecule has 0 bridgehead atoms. The molecular weight excluding hydrogens is 268 g/mol. The molecule has 1 nitrogen and oxygen atoms in total. The number of hydrogen-bond acceptors (Lipinski definition) is 1. The molecule has 3 rings (SSSR count). The van der Waals surface area contributed by atoms with E-state index in [-0.39, 0.29) is 11.8 Å². The zero-order valence-corrected chi connectivity index (χ0v) is 12.0. The SMILES string of the molecule is O=Cc1ccc(C#CC2C=CC=C2)c(C#CC2C=CC=C2)c1. The number of allylic oxidation sites excluding steroid dienone is 8. The van der Waals surface area contributed by atoms with Gasteiger partial charge in [-0.05, 0) is 12.1 Å². The molecule has 0 aromatic heterocycles. The number of hydrogen-bond donors (Lipinski definition) is 0. The molecule has 0 amide bonds. The lowest BCUT2D eigenvalue weighted by Gasteiger charge is -1.99. The van der Waals surface area contributed by atoms with Crippen LogP contribution in [0.4, 0.5) is 0 Å². The third-order valence-corrected chi connectivity index (χ3v) is 3.42. The van der Waals surface area contributed by atoms with E-state index in [9.17, 15) is 4.79 Å². The minimum Gasteiger partial charge on any atom is -0.298 e. The van der Waals surface area contributed by atoms with Gasteiger partial charge in [-0.3, -0.25) is 4.79 Å². The van der Waals surface area contributed by atoms with Gasteiger partial charge in [0.1, 0.15) is 6.29 Å². The fraction of sp³-hybridized carbons (Fsp3) is 0.0952. The fourth-order valence-electron chi connectivity index (χ4n) is 2.23. The molecule has 1 aromatic carbocycles. The van der Waals surface area contributed by atoms with E-state index in [1.807, 2.05) is 54.7 Å². The van der Waals surface area contributed by atoms with E-state index in [4.69, 9.17) is 0 Å². The maximum Gasteiger partial charge on any atom is 0.150 e. The Hall–Kier alpha value is -3.03. The second kappa shape index (κ2) is 6.61. The average molecular weight is 282 g/mol. The van der Waals surface area contributed by atoms with Crippen molar-refractivity contribution >= 4 is 6.29 Å². The van der Waals surface area contributed by atoms with Crippen LogP contribution in [0, 0.1) is 35.5 Å². The van der Waals surface area contributed by atoms with Crippen LogP contribution in [0.3, 0.4) is 0 Å². The van der Waals surface area contributed by atoms with Gasteiger partial charge in [-0.2, -0.15) is 0 Å². The minimum absolute atomic E-state index is 0.140. The highest BCUT2D eigenvalue weighted by atomic mass is 16.1. The van der Waals surface area contributed by atoms with Crippen LogP contribution in [0.1, 0.15) is 21.5 Å². The second-order valence-corrected chi connectivity index (χ2v) is 5.05. The summed E-state index contributed by atoms with van der Waals surface area (Å²) in [4.78, 5) is 11.0. The van der Waals surface area contributed by atoms with Gasteiger partial charge in [0.15, 0.2) is 0 Å². The largest absolute Gasteiger partial charge is 0.298 e. The van der Waals surface area contributed by atoms with Gasteiger partial charge >= 0.3 is 0 Å². The topological polar surface area (TPSA) is 17.1 Å². The summed E-state index contributed by atoms with van der Waals surface area (Å²) in [6.07, 6.45) is 17.0. The molecule has 0 radical (unpaired) electrons. The quantitative estimate of drug-likeness (QED) is 0.567. The van der Waals surface area contributed by atoms with Gasteiger partial charge in [0, 0.05) is 16.7 Å². The predicted molar refractivity (Wildman–Crippen MR) is 89.1 cm³/mol. The standard InChI is InChI=1S/C21H14O/c22-16-19-11-13-20(12-9-17-5-1-2-6-17)21(15-19)14-10-18-7-3-4-8-18/h1-8,11,13,15-18H. The van der Waals surface area contributed by atoms with Crippen molar-refractivity contribution in [2.75, 3.05) is 0 Å². The molecule has 0 saturated heterocycles. The van der Waals surface area contributed by atoms with E-state index < -0.39 is 0 Å². The molecule has 0 saturated carbocycles. The van der Waals surface area contributed by atoms with Crippen molar-refractivity contribution in [3.8, 4) is 23.7 Å². The number of carbonyl (C=O) groups excluding carboxylic acids is 1. The van der Waals surface area contributed by atoms with Gasteiger partial charge in [0.25, 0.3) is 0 Å². The van der Waals surface area contributed by atoms with Crippen molar-refractivity contribution in [2.45, 2.75) is 0 Å². The number of carbonyl (C=O) groups is 1. The molecule has 1 heteroatoms. The molecule has 0 aliphatic heterocycles. The zero-order valence-electron chi connectivity index (χ0n) is 12.0. The normalized spacial score (nSPS) is 15.5. The Morgan fingerprint density at radius 2 is 1.32 bits per heavy atom. The highest BCUT2D eigenvalue weighted by Gasteiger charge is 2.03. The van der Waals surface area contributed by atoms with Crippen molar-refractivity contribution in [1.82, 2.24) is 0 Å². The summed E-state index contributed by atoms with van der Waals surface area (Å²) in [5.41, 5.74) is 2.28. The van der Waals surface area contributed by atoms with Crippen molar-refractivity contribution in [2.24, 2.45) is 11.8 Å². The van der Waals surface area contributed by atoms with Gasteiger partial charge in [-0.25, -0.2) is 0 Å². The fourth-order valence-corrected chi connectivity index (χ4v) is 2.23. The first-order valence-corrected chi connectivity index (χ1v) is 7.17. The van der Waals surface area contributed by atoms with Crippen LogP contribution in [0.15, 0.2) is 66.8 Å². The Morgan fingerprint density at radius 1 is 0.773 bits per heavy atom. The van der Waals surface area contributed by atoms with E-state index in [0.717, 1.165) is 17.4 Å². The second-order valence-electron chi connectivity index (χ2n) is 5.05. The maximum atomic E-state index is 11.0. The van der Waals surface area contributed by atoms with Gasteiger partial charge in [-0.15, -0.1) is 0 Å². The van der Waals surface area contributed by atoms with Gasteiger partial charge in [0.05, 0.1) is 11.8 Å². The van der Waals surface area contributed by atoms with E-state index in [2.05, 4.69) is 23.7 Å². The Bertz CT molecular complexity index is 802. The van der Waals surface area contributed by atoms with Crippen LogP contribution in [0.25, 0.3) is 0 Å². The lowest BCUT2D eigenvalue weighted by Crippen LogP contribution is -1.90. The number of benzene rings is 1. The molecule has 0 N–H and O–H groups in total. The van der Waals surface area contributed by atoms with E-state index in [0.29, 0.717) is 5.56 Å². The first kappa shape index (κ1) is 13.9. The highest BCUT2D eigenvalue weighted by molar-refractivity contribution is 5.76. The number of rotatable bonds is 1. The van der Waals surface area contributed by atoms with E-state index in [1.54, 1.807) is 12.1 Å².